The number of fused-ring (bicyclic) bond motifs is 1. The zero-order valence-corrected chi connectivity index (χ0v) is 20.2. The number of nitrogens with one attached hydrogen (secondary N) is 2. The van der Waals surface area contributed by atoms with Crippen molar-refractivity contribution in [2.45, 2.75) is 18.7 Å². The lowest BCUT2D eigenvalue weighted by molar-refractivity contribution is 0.0773. The number of nitrogens with zero attached hydrogens (tertiary/aromatic N) is 2. The van der Waals surface area contributed by atoms with E-state index in [4.69, 9.17) is 4.74 Å². The third-order valence-corrected chi connectivity index (χ3v) is 6.15. The van der Waals surface area contributed by atoms with Gasteiger partial charge in [0, 0.05) is 6.20 Å². The fourth-order valence-electron chi connectivity index (χ4n) is 4.17. The number of hydrogen-bond donors (Lipinski definition) is 2. The first-order chi connectivity index (χ1) is 18.8. The summed E-state index contributed by atoms with van der Waals surface area (Å²) in [5.41, 5.74) is 1.07. The molecule has 8 nitrogen and oxygen atoms in total. The quantitative estimate of drug-likeness (QED) is 0.459. The maximum absolute atomic E-state index is 13.6. The highest BCUT2D eigenvalue weighted by Crippen LogP contribution is 2.19. The highest BCUT2D eigenvalue weighted by molar-refractivity contribution is 6.19. The Balaban J connectivity index is 1.34. The number of hydrogen-bond acceptors (Lipinski definition) is 4. The van der Waals surface area contributed by atoms with E-state index in [0.29, 0.717) is 22.5 Å². The summed E-state index contributed by atoms with van der Waals surface area (Å²) >= 11 is 0. The van der Waals surface area contributed by atoms with E-state index in [0.717, 1.165) is 12.1 Å². The van der Waals surface area contributed by atoms with Gasteiger partial charge < -0.3 is 19.9 Å². The molecule has 0 radical (unpaired) electrons. The number of ether oxygens (including phenoxy) is 1. The Morgan fingerprint density at radius 3 is 2.64 bits per heavy atom. The lowest BCUT2D eigenvalue weighted by Gasteiger charge is -2.22. The number of benzene rings is 2. The van der Waals surface area contributed by atoms with E-state index < -0.39 is 47.1 Å². The van der Waals surface area contributed by atoms with Crippen molar-refractivity contribution in [2.75, 3.05) is 6.61 Å². The third-order valence-electron chi connectivity index (χ3n) is 6.15. The largest absolute Gasteiger partial charge is 0.367 e. The fourth-order valence-corrected chi connectivity index (χ4v) is 4.17. The molecular weight excluding hydrogens is 513 g/mol. The van der Waals surface area contributed by atoms with E-state index in [1.165, 1.54) is 53.2 Å². The molecule has 2 atom stereocenters. The molecule has 0 saturated carbocycles. The molecule has 0 saturated heterocycles. The second-order valence-corrected chi connectivity index (χ2v) is 8.85. The standard InChI is InChI=1S/C28H21F3N4O4/c29-18-6-4-17(5-7-18)25(15-39-19-8-10-23-24(13-19)34-28(38)33-23)32-26(36)20-2-1-11-35(27(20)37)14-16-3-9-21(30)22(31)12-16/h1-13,19,25H,14-15H2,(H,32,36)(H,34,38). The van der Waals surface area contributed by atoms with Crippen molar-refractivity contribution in [2.24, 2.45) is 4.99 Å². The van der Waals surface area contributed by atoms with Crippen LogP contribution in [0.15, 0.2) is 94.5 Å². The van der Waals surface area contributed by atoms with Gasteiger partial charge >= 0.3 is 6.03 Å². The van der Waals surface area contributed by atoms with Crippen molar-refractivity contribution in [3.63, 3.8) is 0 Å². The molecule has 1 aliphatic carbocycles. The molecule has 2 aliphatic rings. The minimum absolute atomic E-state index is 0.0491. The van der Waals surface area contributed by atoms with Gasteiger partial charge in [0.05, 0.1) is 36.7 Å². The molecule has 3 amide bonds. The van der Waals surface area contributed by atoms with Gasteiger partial charge in [-0.3, -0.25) is 9.59 Å². The Morgan fingerprint density at radius 1 is 1.08 bits per heavy atom. The van der Waals surface area contributed by atoms with Crippen LogP contribution in [0.5, 0.6) is 0 Å². The Hall–Kier alpha value is -4.77. The summed E-state index contributed by atoms with van der Waals surface area (Å²) in [6.07, 6.45) is 5.90. The molecule has 0 spiro atoms. The van der Waals surface area contributed by atoms with Crippen molar-refractivity contribution >= 4 is 17.6 Å². The molecule has 0 fully saturated rings. The van der Waals surface area contributed by atoms with Gasteiger partial charge in [-0.05, 0) is 65.8 Å². The Labute approximate surface area is 220 Å². The minimum Gasteiger partial charge on any atom is -0.367 e. The molecule has 3 aromatic rings. The number of halogens is 3. The first-order valence-corrected chi connectivity index (χ1v) is 11.9. The maximum Gasteiger partial charge on any atom is 0.346 e. The fraction of sp³-hybridized carbons (Fsp3) is 0.143. The van der Waals surface area contributed by atoms with Crippen LogP contribution in [0.3, 0.4) is 0 Å². The van der Waals surface area contributed by atoms with E-state index in [9.17, 15) is 27.6 Å². The van der Waals surface area contributed by atoms with E-state index in [2.05, 4.69) is 15.6 Å². The second-order valence-electron chi connectivity index (χ2n) is 8.85. The van der Waals surface area contributed by atoms with Crippen molar-refractivity contribution < 1.29 is 27.5 Å². The average molecular weight is 534 g/mol. The Morgan fingerprint density at radius 2 is 1.87 bits per heavy atom. The second kappa shape index (κ2) is 10.9. The predicted molar refractivity (Wildman–Crippen MR) is 136 cm³/mol. The van der Waals surface area contributed by atoms with E-state index in [-0.39, 0.29) is 18.7 Å². The molecule has 5 rings (SSSR count). The summed E-state index contributed by atoms with van der Waals surface area (Å²) in [5.74, 6) is -3.21. The number of aromatic nitrogens is 1. The molecule has 2 heterocycles. The van der Waals surface area contributed by atoms with Crippen LogP contribution in [0.2, 0.25) is 0 Å². The van der Waals surface area contributed by atoms with Crippen LogP contribution in [0.1, 0.15) is 27.5 Å². The van der Waals surface area contributed by atoms with Crippen LogP contribution < -0.4 is 16.2 Å². The molecular formula is C28H21F3N4O4. The van der Waals surface area contributed by atoms with Crippen LogP contribution in [-0.2, 0) is 11.3 Å². The summed E-state index contributed by atoms with van der Waals surface area (Å²) < 4.78 is 47.6. The number of urea groups is 1. The molecule has 1 aliphatic heterocycles. The highest BCUT2D eigenvalue weighted by atomic mass is 19.2. The van der Waals surface area contributed by atoms with Gasteiger partial charge in [-0.25, -0.2) is 18.0 Å². The lowest BCUT2D eigenvalue weighted by atomic mass is 10.1. The normalized spacial score (nSPS) is 16.7. The lowest BCUT2D eigenvalue weighted by Crippen LogP contribution is -2.37. The van der Waals surface area contributed by atoms with Crippen LogP contribution in [0, 0.1) is 17.5 Å². The molecule has 39 heavy (non-hydrogen) atoms. The van der Waals surface area contributed by atoms with Gasteiger partial charge in [-0.1, -0.05) is 18.2 Å². The first kappa shape index (κ1) is 25.9. The van der Waals surface area contributed by atoms with Crippen LogP contribution >= 0.6 is 0 Å². The zero-order valence-electron chi connectivity index (χ0n) is 20.2. The molecule has 2 N–H and O–H groups in total. The summed E-state index contributed by atoms with van der Waals surface area (Å²) in [4.78, 5) is 41.6. The van der Waals surface area contributed by atoms with Gasteiger partial charge in [0.1, 0.15) is 11.4 Å². The van der Waals surface area contributed by atoms with Crippen molar-refractivity contribution in [1.82, 2.24) is 15.2 Å². The highest BCUT2D eigenvalue weighted by Gasteiger charge is 2.24. The number of carbonyl (C=O) groups is 2. The SMILES string of the molecule is O=C1N=C2C=CC(OCC(NC(=O)c3cccn(Cc4ccc(F)c(F)c4)c3=O)c3ccc(F)cc3)C=C2N1. The topological polar surface area (TPSA) is 102 Å². The third kappa shape index (κ3) is 5.88. The van der Waals surface area contributed by atoms with Gasteiger partial charge in [-0.2, -0.15) is 4.99 Å². The smallest absolute Gasteiger partial charge is 0.346 e. The summed E-state index contributed by atoms with van der Waals surface area (Å²) in [5, 5.41) is 5.36. The van der Waals surface area contributed by atoms with Gasteiger partial charge in [-0.15, -0.1) is 0 Å². The Kier molecular flexibility index (Phi) is 7.24. The number of aliphatic imine (C=N–C) groups is 1. The first-order valence-electron chi connectivity index (χ1n) is 11.9. The van der Waals surface area contributed by atoms with Crippen LogP contribution in [0.4, 0.5) is 18.0 Å². The van der Waals surface area contributed by atoms with Crippen molar-refractivity contribution in [3.05, 3.63) is 129 Å². The molecule has 1 aromatic heterocycles. The van der Waals surface area contributed by atoms with E-state index in [1.54, 1.807) is 18.2 Å². The molecule has 11 heteroatoms. The minimum atomic E-state index is -1.04. The van der Waals surface area contributed by atoms with E-state index >= 15 is 0 Å². The summed E-state index contributed by atoms with van der Waals surface area (Å²) in [6.45, 7) is -0.126. The summed E-state index contributed by atoms with van der Waals surface area (Å²) in [7, 11) is 0. The van der Waals surface area contributed by atoms with Gasteiger partial charge in [0.25, 0.3) is 11.5 Å². The molecule has 2 aromatic carbocycles. The molecule has 0 bridgehead atoms. The predicted octanol–water partition coefficient (Wildman–Crippen LogP) is 3.79. The number of carbonyl (C=O) groups excluding carboxylic acids is 2. The number of amides is 3. The molecule has 2 unspecified atom stereocenters. The average Bonchev–Trinajstić information content (AvgIpc) is 3.29. The number of pyridine rings is 1. The van der Waals surface area contributed by atoms with Gasteiger partial charge in [0.15, 0.2) is 11.6 Å². The van der Waals surface area contributed by atoms with Gasteiger partial charge in [0.2, 0.25) is 0 Å². The van der Waals surface area contributed by atoms with Crippen molar-refractivity contribution in [3.8, 4) is 0 Å². The molecule has 198 valence electrons. The van der Waals surface area contributed by atoms with E-state index in [1.807, 2.05) is 0 Å². The number of allylic oxidation sites excluding steroid dienone is 1. The zero-order chi connectivity index (χ0) is 27.5. The van der Waals surface area contributed by atoms with Crippen LogP contribution in [0.25, 0.3) is 0 Å². The van der Waals surface area contributed by atoms with Crippen molar-refractivity contribution in [1.29, 1.82) is 0 Å². The number of rotatable bonds is 8. The maximum atomic E-state index is 13.6. The Bertz CT molecular complexity index is 1600. The monoisotopic (exact) mass is 534 g/mol. The van der Waals surface area contributed by atoms with Crippen LogP contribution in [-0.4, -0.2) is 34.9 Å². The summed E-state index contributed by atoms with van der Waals surface area (Å²) in [6, 6.07) is 10.4.